The van der Waals surface area contributed by atoms with E-state index in [0.717, 1.165) is 12.6 Å². The van der Waals surface area contributed by atoms with Crippen LogP contribution in [0, 0.1) is 0 Å². The number of quaternary nitrogens is 1. The summed E-state index contributed by atoms with van der Waals surface area (Å²) >= 11 is 0. The molecule has 0 aliphatic carbocycles. The van der Waals surface area contributed by atoms with Crippen LogP contribution in [-0.2, 0) is 4.74 Å². The minimum atomic E-state index is 0.176. The van der Waals surface area contributed by atoms with Gasteiger partial charge in [0.05, 0.1) is 19.2 Å². The molecule has 0 bridgehead atoms. The van der Waals surface area contributed by atoms with Crippen LogP contribution < -0.4 is 4.90 Å². The topological polar surface area (TPSA) is 33.9 Å². The van der Waals surface area contributed by atoms with Crippen molar-refractivity contribution < 1.29 is 14.7 Å². The predicted molar refractivity (Wildman–Crippen MR) is 64.9 cm³/mol. The third-order valence-corrected chi connectivity index (χ3v) is 4.08. The number of fused-ring (bicyclic) bond motifs is 1. The number of hydrogen-bond acceptors (Lipinski definition) is 2. The third-order valence-electron chi connectivity index (χ3n) is 4.08. The third kappa shape index (κ3) is 2.17. The Morgan fingerprint density at radius 3 is 2.76 bits per heavy atom. The van der Waals surface area contributed by atoms with Crippen LogP contribution in [0.3, 0.4) is 0 Å². The molecule has 0 radical (unpaired) electrons. The Morgan fingerprint density at radius 1 is 1.12 bits per heavy atom. The Kier molecular flexibility index (Phi) is 3.04. The van der Waals surface area contributed by atoms with Crippen LogP contribution in [0.25, 0.3) is 0 Å². The van der Waals surface area contributed by atoms with Crippen LogP contribution in [0.2, 0.25) is 0 Å². The van der Waals surface area contributed by atoms with Gasteiger partial charge in [0.1, 0.15) is 5.75 Å². The molecule has 3 atom stereocenters. The normalized spacial score (nSPS) is 33.1. The summed E-state index contributed by atoms with van der Waals surface area (Å²) in [7, 11) is 0. The number of hydrogen-bond donors (Lipinski definition) is 2. The fraction of sp³-hybridized carbons (Fsp3) is 0.571. The molecular formula is C14H20NO2+. The maximum Gasteiger partial charge on any atom is 0.218 e. The van der Waals surface area contributed by atoms with E-state index in [4.69, 9.17) is 4.74 Å². The molecule has 0 amide bonds. The molecule has 92 valence electrons. The lowest BCUT2D eigenvalue weighted by atomic mass is 9.96. The van der Waals surface area contributed by atoms with Gasteiger partial charge >= 0.3 is 0 Å². The maximum atomic E-state index is 9.34. The molecule has 2 saturated heterocycles. The van der Waals surface area contributed by atoms with Crippen molar-refractivity contribution in [2.24, 2.45) is 0 Å². The molecule has 2 aliphatic heterocycles. The molecule has 3 rings (SSSR count). The predicted octanol–water partition coefficient (Wildman–Crippen LogP) is 1.25. The molecule has 1 unspecified atom stereocenters. The van der Waals surface area contributed by atoms with Crippen molar-refractivity contribution in [1.82, 2.24) is 0 Å². The maximum absolute atomic E-state index is 9.34. The molecule has 17 heavy (non-hydrogen) atoms. The highest BCUT2D eigenvalue weighted by atomic mass is 16.5. The fourth-order valence-electron chi connectivity index (χ4n) is 3.18. The summed E-state index contributed by atoms with van der Waals surface area (Å²) < 4.78 is 5.95. The Morgan fingerprint density at radius 2 is 1.94 bits per heavy atom. The summed E-state index contributed by atoms with van der Waals surface area (Å²) in [6, 6.07) is 8.27. The Hall–Kier alpha value is -1.06. The van der Waals surface area contributed by atoms with Crippen LogP contribution in [0.1, 0.15) is 37.5 Å². The van der Waals surface area contributed by atoms with Gasteiger partial charge in [-0.2, -0.15) is 0 Å². The van der Waals surface area contributed by atoms with Crippen LogP contribution in [0.15, 0.2) is 24.3 Å². The van der Waals surface area contributed by atoms with Crippen LogP contribution in [0.4, 0.5) is 0 Å². The van der Waals surface area contributed by atoms with E-state index < -0.39 is 0 Å². The van der Waals surface area contributed by atoms with E-state index in [1.54, 1.807) is 17.0 Å². The standard InChI is InChI=1S/C14H19NO2/c16-13-6-4-11(5-7-13)14-15-9-2-1-3-12(15)8-10-17-14/h4-7,12,14,16H,1-3,8-10H2/p+1/t12-,14+/m0/s1. The van der Waals surface area contributed by atoms with Gasteiger partial charge in [0.25, 0.3) is 0 Å². The average Bonchev–Trinajstić information content (AvgIpc) is 2.39. The molecule has 0 saturated carbocycles. The second-order valence-corrected chi connectivity index (χ2v) is 5.15. The van der Waals surface area contributed by atoms with Gasteiger partial charge in [-0.1, -0.05) is 0 Å². The molecule has 2 aliphatic rings. The molecule has 3 heteroatoms. The summed E-state index contributed by atoms with van der Waals surface area (Å²) in [6.45, 7) is 2.09. The van der Waals surface area contributed by atoms with Crippen LogP contribution in [0.5, 0.6) is 5.75 Å². The number of phenols is 1. The molecule has 2 heterocycles. The molecular weight excluding hydrogens is 214 g/mol. The number of phenolic OH excluding ortho intramolecular Hbond substituents is 1. The number of rotatable bonds is 1. The number of nitrogens with one attached hydrogen (secondary N) is 1. The highest BCUT2D eigenvalue weighted by molar-refractivity contribution is 5.26. The van der Waals surface area contributed by atoms with E-state index in [9.17, 15) is 5.11 Å². The zero-order valence-corrected chi connectivity index (χ0v) is 10.1. The highest BCUT2D eigenvalue weighted by Gasteiger charge is 2.37. The summed E-state index contributed by atoms with van der Waals surface area (Å²) in [5, 5.41) is 9.34. The first kappa shape index (κ1) is 11.1. The van der Waals surface area contributed by atoms with Crippen molar-refractivity contribution in [1.29, 1.82) is 0 Å². The van der Waals surface area contributed by atoms with Crippen molar-refractivity contribution in [2.75, 3.05) is 13.2 Å². The van der Waals surface area contributed by atoms with Crippen molar-refractivity contribution in [3.63, 3.8) is 0 Å². The Labute approximate surface area is 102 Å². The number of ether oxygens (including phenoxy) is 1. The Bertz CT molecular complexity index is 374. The lowest BCUT2D eigenvalue weighted by Crippen LogP contribution is -3.18. The SMILES string of the molecule is Oc1ccc([C@H]2OCC[C@@H]3CCCC[NH+]32)cc1. The van der Waals surface area contributed by atoms with E-state index >= 15 is 0 Å². The van der Waals surface area contributed by atoms with E-state index in [0.29, 0.717) is 5.75 Å². The molecule has 0 aromatic heterocycles. The van der Waals surface area contributed by atoms with Crippen LogP contribution in [-0.4, -0.2) is 24.3 Å². The quantitative estimate of drug-likeness (QED) is 0.767. The van der Waals surface area contributed by atoms with Crippen molar-refractivity contribution in [2.45, 2.75) is 38.0 Å². The van der Waals surface area contributed by atoms with Gasteiger partial charge in [0.15, 0.2) is 0 Å². The van der Waals surface area contributed by atoms with E-state index in [1.807, 2.05) is 12.1 Å². The van der Waals surface area contributed by atoms with E-state index in [2.05, 4.69) is 0 Å². The summed E-state index contributed by atoms with van der Waals surface area (Å²) in [5.41, 5.74) is 1.20. The van der Waals surface area contributed by atoms with E-state index in [1.165, 1.54) is 37.8 Å². The smallest absolute Gasteiger partial charge is 0.218 e. The fourth-order valence-corrected chi connectivity index (χ4v) is 3.18. The van der Waals surface area contributed by atoms with Gasteiger partial charge in [-0.15, -0.1) is 0 Å². The van der Waals surface area contributed by atoms with Crippen molar-refractivity contribution >= 4 is 0 Å². The minimum absolute atomic E-state index is 0.176. The first-order chi connectivity index (χ1) is 8.34. The van der Waals surface area contributed by atoms with Gasteiger partial charge in [0.2, 0.25) is 6.23 Å². The van der Waals surface area contributed by atoms with Crippen LogP contribution >= 0.6 is 0 Å². The first-order valence-electron chi connectivity index (χ1n) is 6.61. The molecule has 2 N–H and O–H groups in total. The van der Waals surface area contributed by atoms with Gasteiger partial charge < -0.3 is 14.7 Å². The molecule has 0 spiro atoms. The van der Waals surface area contributed by atoms with Crippen molar-refractivity contribution in [3.05, 3.63) is 29.8 Å². The van der Waals surface area contributed by atoms with Gasteiger partial charge in [-0.25, -0.2) is 0 Å². The summed E-state index contributed by atoms with van der Waals surface area (Å²) in [4.78, 5) is 1.59. The molecule has 1 aromatic carbocycles. The lowest BCUT2D eigenvalue weighted by Gasteiger charge is -2.41. The lowest BCUT2D eigenvalue weighted by molar-refractivity contribution is -0.991. The number of aromatic hydroxyl groups is 1. The summed E-state index contributed by atoms with van der Waals surface area (Å²) in [5.74, 6) is 0.328. The number of benzene rings is 1. The zero-order valence-electron chi connectivity index (χ0n) is 10.1. The van der Waals surface area contributed by atoms with Gasteiger partial charge in [-0.3, -0.25) is 0 Å². The first-order valence-corrected chi connectivity index (χ1v) is 6.61. The highest BCUT2D eigenvalue weighted by Crippen LogP contribution is 2.21. The molecule has 2 fully saturated rings. The largest absolute Gasteiger partial charge is 0.508 e. The molecule has 3 nitrogen and oxygen atoms in total. The second kappa shape index (κ2) is 4.67. The Balaban J connectivity index is 1.83. The van der Waals surface area contributed by atoms with Gasteiger partial charge in [0, 0.05) is 12.0 Å². The zero-order chi connectivity index (χ0) is 11.7. The second-order valence-electron chi connectivity index (χ2n) is 5.15. The molecule has 1 aromatic rings. The van der Waals surface area contributed by atoms with Crippen molar-refractivity contribution in [3.8, 4) is 5.75 Å². The van der Waals surface area contributed by atoms with Gasteiger partial charge in [-0.05, 0) is 43.5 Å². The minimum Gasteiger partial charge on any atom is -0.508 e. The van der Waals surface area contributed by atoms with E-state index in [-0.39, 0.29) is 6.23 Å². The number of piperidine rings is 1. The summed E-state index contributed by atoms with van der Waals surface area (Å²) in [6.07, 6.45) is 5.40. The monoisotopic (exact) mass is 234 g/mol. The average molecular weight is 234 g/mol.